The molecule has 0 saturated carbocycles. The summed E-state index contributed by atoms with van der Waals surface area (Å²) in [6, 6.07) is 15.8. The number of carbonyl (C=O) groups excluding carboxylic acids is 2. The number of hydrogen-bond donors (Lipinski definition) is 1. The number of amides is 2. The fourth-order valence-corrected chi connectivity index (χ4v) is 5.81. The van der Waals surface area contributed by atoms with E-state index in [1.807, 2.05) is 0 Å². The number of rotatable bonds is 10. The molecule has 3 rings (SSSR count). The monoisotopic (exact) mass is 615 g/mol. The second-order valence-corrected chi connectivity index (χ2v) is 11.8. The molecule has 0 aliphatic heterocycles. The van der Waals surface area contributed by atoms with Crippen LogP contribution in [0.1, 0.15) is 19.4 Å². The van der Waals surface area contributed by atoms with E-state index in [4.69, 9.17) is 46.4 Å². The number of hydrogen-bond acceptors (Lipinski definition) is 4. The van der Waals surface area contributed by atoms with Crippen molar-refractivity contribution in [1.82, 2.24) is 10.2 Å². The van der Waals surface area contributed by atoms with E-state index in [9.17, 15) is 18.0 Å². The van der Waals surface area contributed by atoms with Crippen molar-refractivity contribution in [1.29, 1.82) is 0 Å². The van der Waals surface area contributed by atoms with Gasteiger partial charge in [0.25, 0.3) is 10.0 Å². The first-order chi connectivity index (χ1) is 17.9. The quantitative estimate of drug-likeness (QED) is 0.300. The Labute approximate surface area is 242 Å². The lowest BCUT2D eigenvalue weighted by atomic mass is 10.1. The van der Waals surface area contributed by atoms with Crippen LogP contribution in [0, 0.1) is 0 Å². The molecular formula is C26H25Cl4N3O4S. The maximum Gasteiger partial charge on any atom is 0.264 e. The summed E-state index contributed by atoms with van der Waals surface area (Å²) in [6.07, 6.45) is 0. The number of halogens is 4. The van der Waals surface area contributed by atoms with Crippen LogP contribution in [0.4, 0.5) is 5.69 Å². The van der Waals surface area contributed by atoms with Gasteiger partial charge in [0.05, 0.1) is 20.6 Å². The smallest absolute Gasteiger partial charge is 0.264 e. The molecule has 202 valence electrons. The molecule has 1 N–H and O–H groups in total. The third-order valence-corrected chi connectivity index (χ3v) is 8.79. The van der Waals surface area contributed by atoms with Crippen LogP contribution in [0.15, 0.2) is 71.6 Å². The second-order valence-electron chi connectivity index (χ2n) is 8.25. The van der Waals surface area contributed by atoms with E-state index >= 15 is 0 Å². The van der Waals surface area contributed by atoms with Crippen LogP contribution in [0.5, 0.6) is 0 Å². The van der Waals surface area contributed by atoms with Gasteiger partial charge in [-0.3, -0.25) is 13.9 Å². The lowest BCUT2D eigenvalue weighted by Crippen LogP contribution is -2.51. The molecule has 7 nitrogen and oxygen atoms in total. The van der Waals surface area contributed by atoms with Gasteiger partial charge in [-0.2, -0.15) is 0 Å². The lowest BCUT2D eigenvalue weighted by molar-refractivity contribution is -0.139. The molecular weight excluding hydrogens is 592 g/mol. The summed E-state index contributed by atoms with van der Waals surface area (Å²) in [5, 5.41) is 3.75. The third kappa shape index (κ3) is 7.12. The van der Waals surface area contributed by atoms with Gasteiger partial charge in [0.1, 0.15) is 12.6 Å². The van der Waals surface area contributed by atoms with Crippen molar-refractivity contribution >= 4 is 73.9 Å². The lowest BCUT2D eigenvalue weighted by Gasteiger charge is -2.32. The highest BCUT2D eigenvalue weighted by molar-refractivity contribution is 7.92. The first kappa shape index (κ1) is 30.1. The molecule has 0 heterocycles. The Morgan fingerprint density at radius 1 is 0.895 bits per heavy atom. The summed E-state index contributed by atoms with van der Waals surface area (Å²) in [7, 11) is -4.22. The topological polar surface area (TPSA) is 86.8 Å². The van der Waals surface area contributed by atoms with Crippen molar-refractivity contribution in [3.8, 4) is 0 Å². The van der Waals surface area contributed by atoms with Gasteiger partial charge in [-0.25, -0.2) is 8.42 Å². The van der Waals surface area contributed by atoms with Crippen LogP contribution in [0.25, 0.3) is 0 Å². The average Bonchev–Trinajstić information content (AvgIpc) is 2.88. The summed E-state index contributed by atoms with van der Waals surface area (Å²) < 4.78 is 28.4. The highest BCUT2D eigenvalue weighted by Gasteiger charge is 2.33. The minimum atomic E-state index is -4.22. The van der Waals surface area contributed by atoms with Gasteiger partial charge >= 0.3 is 0 Å². The van der Waals surface area contributed by atoms with Gasteiger partial charge in [-0.05, 0) is 61.9 Å². The molecule has 12 heteroatoms. The summed E-state index contributed by atoms with van der Waals surface area (Å²) in [6.45, 7) is 2.98. The summed E-state index contributed by atoms with van der Waals surface area (Å²) >= 11 is 24.6. The van der Waals surface area contributed by atoms with Crippen LogP contribution < -0.4 is 9.62 Å². The zero-order valence-electron chi connectivity index (χ0n) is 20.5. The molecule has 38 heavy (non-hydrogen) atoms. The SMILES string of the molecule is CCNC(=O)C(C)N(Cc1ccc(Cl)cc1Cl)C(=O)CN(c1ccc(Cl)c(Cl)c1)S(=O)(=O)c1ccccc1. The van der Waals surface area contributed by atoms with Gasteiger partial charge in [0, 0.05) is 23.1 Å². The minimum Gasteiger partial charge on any atom is -0.355 e. The van der Waals surface area contributed by atoms with E-state index in [0.29, 0.717) is 22.2 Å². The maximum absolute atomic E-state index is 13.8. The Bertz CT molecular complexity index is 1420. The van der Waals surface area contributed by atoms with Crippen molar-refractivity contribution in [2.45, 2.75) is 31.3 Å². The van der Waals surface area contributed by atoms with Gasteiger partial charge in [0.15, 0.2) is 0 Å². The van der Waals surface area contributed by atoms with Crippen molar-refractivity contribution in [3.05, 3.63) is 92.4 Å². The van der Waals surface area contributed by atoms with Gasteiger partial charge in [0.2, 0.25) is 11.8 Å². The normalized spacial score (nSPS) is 12.1. The van der Waals surface area contributed by atoms with Crippen LogP contribution in [0.2, 0.25) is 20.1 Å². The Kier molecular flexibility index (Phi) is 10.3. The van der Waals surface area contributed by atoms with E-state index in [0.717, 1.165) is 4.31 Å². The van der Waals surface area contributed by atoms with Crippen molar-refractivity contribution in [2.75, 3.05) is 17.4 Å². The van der Waals surface area contributed by atoms with Crippen LogP contribution in [-0.4, -0.2) is 44.3 Å². The van der Waals surface area contributed by atoms with Gasteiger partial charge in [-0.15, -0.1) is 0 Å². The van der Waals surface area contributed by atoms with E-state index in [2.05, 4.69) is 5.32 Å². The van der Waals surface area contributed by atoms with Crippen molar-refractivity contribution in [2.24, 2.45) is 0 Å². The molecule has 1 unspecified atom stereocenters. The molecule has 2 amide bonds. The molecule has 0 aromatic heterocycles. The van der Waals surface area contributed by atoms with E-state index in [1.54, 1.807) is 44.2 Å². The maximum atomic E-state index is 13.8. The molecule has 0 saturated heterocycles. The molecule has 0 spiro atoms. The zero-order valence-corrected chi connectivity index (χ0v) is 24.3. The summed E-state index contributed by atoms with van der Waals surface area (Å²) in [5.41, 5.74) is 0.666. The third-order valence-electron chi connectivity index (χ3n) is 5.68. The van der Waals surface area contributed by atoms with Crippen molar-refractivity contribution in [3.63, 3.8) is 0 Å². The molecule has 3 aromatic carbocycles. The Morgan fingerprint density at radius 2 is 1.58 bits per heavy atom. The van der Waals surface area contributed by atoms with Gasteiger partial charge in [-0.1, -0.05) is 70.7 Å². The number of nitrogens with one attached hydrogen (secondary N) is 1. The Morgan fingerprint density at radius 3 is 2.18 bits per heavy atom. The highest BCUT2D eigenvalue weighted by Crippen LogP contribution is 2.31. The van der Waals surface area contributed by atoms with E-state index in [-0.39, 0.29) is 27.2 Å². The Balaban J connectivity index is 2.06. The largest absolute Gasteiger partial charge is 0.355 e. The van der Waals surface area contributed by atoms with Crippen LogP contribution in [0.3, 0.4) is 0 Å². The predicted octanol–water partition coefficient (Wildman–Crippen LogP) is 6.05. The molecule has 3 aromatic rings. The second kappa shape index (κ2) is 13.0. The number of benzene rings is 3. The number of likely N-dealkylation sites (N-methyl/N-ethyl adjacent to an activating group) is 1. The fraction of sp³-hybridized carbons (Fsp3) is 0.231. The standard InChI is InChI=1S/C26H25Cl4N3O4S/c1-3-31-26(35)17(2)32(15-18-9-10-19(27)13-23(18)29)25(34)16-33(20-11-12-22(28)24(30)14-20)38(36,37)21-7-5-4-6-8-21/h4-14,17H,3,15-16H2,1-2H3,(H,31,35). The highest BCUT2D eigenvalue weighted by atomic mass is 35.5. The molecule has 0 aliphatic carbocycles. The first-order valence-corrected chi connectivity index (χ1v) is 14.4. The number of anilines is 1. The van der Waals surface area contributed by atoms with Crippen LogP contribution >= 0.6 is 46.4 Å². The average molecular weight is 617 g/mol. The number of carbonyl (C=O) groups is 2. The fourth-order valence-electron chi connectivity index (χ4n) is 3.63. The molecule has 1 atom stereocenters. The predicted molar refractivity (Wildman–Crippen MR) is 153 cm³/mol. The van der Waals surface area contributed by atoms with E-state index in [1.165, 1.54) is 41.3 Å². The van der Waals surface area contributed by atoms with Gasteiger partial charge < -0.3 is 10.2 Å². The minimum absolute atomic E-state index is 0.0251. The van der Waals surface area contributed by atoms with Crippen molar-refractivity contribution < 1.29 is 18.0 Å². The Hall–Kier alpha value is -2.49. The number of sulfonamides is 1. The molecule has 0 aliphatic rings. The molecule has 0 bridgehead atoms. The summed E-state index contributed by atoms with van der Waals surface area (Å²) in [5.74, 6) is -1.04. The zero-order chi connectivity index (χ0) is 28.0. The number of nitrogens with zero attached hydrogens (tertiary/aromatic N) is 2. The van der Waals surface area contributed by atoms with E-state index < -0.39 is 34.4 Å². The first-order valence-electron chi connectivity index (χ1n) is 11.5. The molecule has 0 radical (unpaired) electrons. The summed E-state index contributed by atoms with van der Waals surface area (Å²) in [4.78, 5) is 27.8. The molecule has 0 fully saturated rings. The van der Waals surface area contributed by atoms with Crippen LogP contribution in [-0.2, 0) is 26.2 Å².